The van der Waals surface area contributed by atoms with E-state index in [1.165, 1.54) is 38.5 Å². The van der Waals surface area contributed by atoms with Gasteiger partial charge in [-0.1, -0.05) is 40.2 Å². The summed E-state index contributed by atoms with van der Waals surface area (Å²) < 4.78 is 0. The van der Waals surface area contributed by atoms with E-state index in [9.17, 15) is 5.11 Å². The molecule has 0 amide bonds. The summed E-state index contributed by atoms with van der Waals surface area (Å²) in [6.45, 7) is 13.8. The molecule has 0 aromatic rings. The summed E-state index contributed by atoms with van der Waals surface area (Å²) in [4.78, 5) is 0. The van der Waals surface area contributed by atoms with Crippen LogP contribution in [0.15, 0.2) is 12.7 Å². The minimum Gasteiger partial charge on any atom is -0.390 e. The summed E-state index contributed by atoms with van der Waals surface area (Å²) in [5, 5.41) is 11.5. The van der Waals surface area contributed by atoms with E-state index in [-0.39, 0.29) is 5.41 Å². The molecule has 3 rings (SSSR count). The lowest BCUT2D eigenvalue weighted by atomic mass is 9.42. The molecule has 0 aromatic heterocycles. The Hall–Kier alpha value is -0.300. The number of rotatable bonds is 1. The molecule has 0 heterocycles. The minimum absolute atomic E-state index is 0.138. The van der Waals surface area contributed by atoms with Crippen molar-refractivity contribution < 1.29 is 5.11 Å². The Balaban J connectivity index is 1.94. The third kappa shape index (κ3) is 2.22. The van der Waals surface area contributed by atoms with E-state index in [1.54, 1.807) is 0 Å². The zero-order valence-corrected chi connectivity index (χ0v) is 14.5. The lowest BCUT2D eigenvalue weighted by Gasteiger charge is -2.64. The normalized spacial score (nSPS) is 52.6. The molecule has 0 saturated heterocycles. The zero-order valence-electron chi connectivity index (χ0n) is 14.5. The molecule has 0 bridgehead atoms. The second-order valence-electron chi connectivity index (χ2n) is 9.67. The molecule has 1 nitrogen and oxygen atoms in total. The second kappa shape index (κ2) is 4.60. The zero-order chi connectivity index (χ0) is 15.5. The Morgan fingerprint density at radius 1 is 0.952 bits per heavy atom. The van der Waals surface area contributed by atoms with E-state index in [0.717, 1.165) is 18.8 Å². The first kappa shape index (κ1) is 15.6. The van der Waals surface area contributed by atoms with Crippen LogP contribution in [-0.4, -0.2) is 10.7 Å². The molecular weight excluding hydrogens is 256 g/mol. The fraction of sp³-hybridized carbons (Fsp3) is 0.900. The molecule has 3 fully saturated rings. The largest absolute Gasteiger partial charge is 0.390 e. The summed E-state index contributed by atoms with van der Waals surface area (Å²) >= 11 is 0. The molecule has 120 valence electrons. The number of aliphatic hydroxyl groups is 1. The fourth-order valence-corrected chi connectivity index (χ4v) is 6.73. The van der Waals surface area contributed by atoms with Crippen LogP contribution in [-0.2, 0) is 0 Å². The molecule has 0 aromatic carbocycles. The first-order valence-corrected chi connectivity index (χ1v) is 9.01. The predicted octanol–water partition coefficient (Wildman–Crippen LogP) is 5.34. The second-order valence-corrected chi connectivity index (χ2v) is 9.67. The van der Waals surface area contributed by atoms with Crippen LogP contribution < -0.4 is 0 Å². The van der Waals surface area contributed by atoms with Gasteiger partial charge in [0.05, 0.1) is 5.60 Å². The van der Waals surface area contributed by atoms with Gasteiger partial charge in [-0.15, -0.1) is 6.58 Å². The summed E-state index contributed by atoms with van der Waals surface area (Å²) in [6, 6.07) is 0. The van der Waals surface area contributed by atoms with Gasteiger partial charge < -0.3 is 5.11 Å². The van der Waals surface area contributed by atoms with Gasteiger partial charge in [-0.2, -0.15) is 0 Å². The maximum atomic E-state index is 11.5. The van der Waals surface area contributed by atoms with Gasteiger partial charge in [0.1, 0.15) is 0 Å². The first-order valence-electron chi connectivity index (χ1n) is 9.01. The maximum Gasteiger partial charge on any atom is 0.0689 e. The molecule has 1 heteroatoms. The van der Waals surface area contributed by atoms with E-state index in [1.807, 2.05) is 0 Å². The molecule has 21 heavy (non-hydrogen) atoms. The SMILES string of the molecule is C=C[C@@]1(C)CC[C@@H]2[C@@](O)(CC[C@@H]3C(C)(C)CCC[C@@]32C)C1. The van der Waals surface area contributed by atoms with Crippen LogP contribution >= 0.6 is 0 Å². The van der Waals surface area contributed by atoms with Gasteiger partial charge in [-0.3, -0.25) is 0 Å². The van der Waals surface area contributed by atoms with Gasteiger partial charge in [-0.25, -0.2) is 0 Å². The molecule has 0 spiro atoms. The third-order valence-electron chi connectivity index (χ3n) is 7.79. The molecule has 5 atom stereocenters. The molecule has 0 aliphatic heterocycles. The van der Waals surface area contributed by atoms with Crippen molar-refractivity contribution >= 4 is 0 Å². The Morgan fingerprint density at radius 3 is 2.29 bits per heavy atom. The molecule has 3 aliphatic carbocycles. The van der Waals surface area contributed by atoms with Gasteiger partial charge in [0, 0.05) is 0 Å². The molecule has 0 unspecified atom stereocenters. The van der Waals surface area contributed by atoms with Crippen LogP contribution in [0.5, 0.6) is 0 Å². The van der Waals surface area contributed by atoms with Crippen molar-refractivity contribution in [1.29, 1.82) is 0 Å². The van der Waals surface area contributed by atoms with E-state index in [2.05, 4.69) is 40.3 Å². The van der Waals surface area contributed by atoms with E-state index >= 15 is 0 Å². The minimum atomic E-state index is -0.445. The fourth-order valence-electron chi connectivity index (χ4n) is 6.73. The smallest absolute Gasteiger partial charge is 0.0689 e. The van der Waals surface area contributed by atoms with Crippen molar-refractivity contribution in [3.05, 3.63) is 12.7 Å². The molecule has 3 saturated carbocycles. The summed E-state index contributed by atoms with van der Waals surface area (Å²) in [5.41, 5.74) is 0.489. The Bertz CT molecular complexity index is 439. The van der Waals surface area contributed by atoms with Gasteiger partial charge >= 0.3 is 0 Å². The van der Waals surface area contributed by atoms with Crippen molar-refractivity contribution in [3.8, 4) is 0 Å². The van der Waals surface area contributed by atoms with Gasteiger partial charge in [0.25, 0.3) is 0 Å². The van der Waals surface area contributed by atoms with Gasteiger partial charge in [0.2, 0.25) is 0 Å². The molecule has 0 radical (unpaired) electrons. The van der Waals surface area contributed by atoms with E-state index < -0.39 is 5.60 Å². The monoisotopic (exact) mass is 290 g/mol. The summed E-state index contributed by atoms with van der Waals surface area (Å²) in [5.74, 6) is 1.29. The highest BCUT2D eigenvalue weighted by atomic mass is 16.3. The van der Waals surface area contributed by atoms with Crippen molar-refractivity contribution in [2.75, 3.05) is 0 Å². The molecular formula is C20H34O. The van der Waals surface area contributed by atoms with Crippen molar-refractivity contribution in [3.63, 3.8) is 0 Å². The number of hydrogen-bond donors (Lipinski definition) is 1. The maximum absolute atomic E-state index is 11.5. The Labute approximate surface area is 131 Å². The highest BCUT2D eigenvalue weighted by molar-refractivity contribution is 5.13. The highest BCUT2D eigenvalue weighted by Crippen LogP contribution is 2.66. The molecule has 3 aliphatic rings. The van der Waals surface area contributed by atoms with Crippen LogP contribution in [0.1, 0.15) is 79.1 Å². The summed E-state index contributed by atoms with van der Waals surface area (Å²) in [7, 11) is 0. The van der Waals surface area contributed by atoms with Crippen molar-refractivity contribution in [2.45, 2.75) is 84.7 Å². The number of hydrogen-bond acceptors (Lipinski definition) is 1. The van der Waals surface area contributed by atoms with Crippen LogP contribution in [0.25, 0.3) is 0 Å². The van der Waals surface area contributed by atoms with E-state index in [4.69, 9.17) is 0 Å². The molecule has 1 N–H and O–H groups in total. The van der Waals surface area contributed by atoms with Gasteiger partial charge in [-0.05, 0) is 73.0 Å². The standard InChI is InChI=1S/C20H34O/c1-6-18(4)12-8-16-19(5)11-7-10-17(2,3)15(19)9-13-20(16,21)14-18/h6,15-16,21H,1,7-14H2,2-5H3/t15-,16+,18+,19+,20-/m1/s1. The first-order chi connectivity index (χ1) is 9.65. The predicted molar refractivity (Wildman–Crippen MR) is 89.1 cm³/mol. The van der Waals surface area contributed by atoms with Gasteiger partial charge in [0.15, 0.2) is 0 Å². The van der Waals surface area contributed by atoms with E-state index in [0.29, 0.717) is 16.7 Å². The summed E-state index contributed by atoms with van der Waals surface area (Å²) in [6.07, 6.45) is 11.6. The van der Waals surface area contributed by atoms with Crippen molar-refractivity contribution in [2.24, 2.45) is 28.1 Å². The Morgan fingerprint density at radius 2 is 1.62 bits per heavy atom. The van der Waals surface area contributed by atoms with Crippen LogP contribution in [0, 0.1) is 28.1 Å². The van der Waals surface area contributed by atoms with Crippen LogP contribution in [0.3, 0.4) is 0 Å². The third-order valence-corrected chi connectivity index (χ3v) is 7.79. The van der Waals surface area contributed by atoms with Crippen LogP contribution in [0.4, 0.5) is 0 Å². The topological polar surface area (TPSA) is 20.2 Å². The quantitative estimate of drug-likeness (QED) is 0.647. The lowest BCUT2D eigenvalue weighted by molar-refractivity contribution is -0.202. The number of allylic oxidation sites excluding steroid dienone is 1. The average molecular weight is 290 g/mol. The average Bonchev–Trinajstić information content (AvgIpc) is 2.36. The number of fused-ring (bicyclic) bond motifs is 3. The van der Waals surface area contributed by atoms with Crippen molar-refractivity contribution in [1.82, 2.24) is 0 Å². The lowest BCUT2D eigenvalue weighted by Crippen LogP contribution is -2.61. The highest BCUT2D eigenvalue weighted by Gasteiger charge is 2.61. The van der Waals surface area contributed by atoms with Crippen LogP contribution in [0.2, 0.25) is 0 Å². The Kier molecular flexibility index (Phi) is 3.41.